The molecule has 2 aromatic carbocycles. The first-order valence-corrected chi connectivity index (χ1v) is 7.67. The highest BCUT2D eigenvalue weighted by Crippen LogP contribution is 2.38. The van der Waals surface area contributed by atoms with Crippen LogP contribution in [0.2, 0.25) is 0 Å². The predicted molar refractivity (Wildman–Crippen MR) is 87.7 cm³/mol. The van der Waals surface area contributed by atoms with Gasteiger partial charge in [-0.3, -0.25) is 9.59 Å². The summed E-state index contributed by atoms with van der Waals surface area (Å²) in [5, 5.41) is 0. The molecular formula is C19H16N2O2. The van der Waals surface area contributed by atoms with Crippen LogP contribution in [0, 0.1) is 5.92 Å². The summed E-state index contributed by atoms with van der Waals surface area (Å²) in [5.41, 5.74) is 9.11. The summed E-state index contributed by atoms with van der Waals surface area (Å²) in [6.45, 7) is 0. The predicted octanol–water partition coefficient (Wildman–Crippen LogP) is 3.01. The largest absolute Gasteiger partial charge is 0.399 e. The highest BCUT2D eigenvalue weighted by molar-refractivity contribution is 6.22. The quantitative estimate of drug-likeness (QED) is 0.700. The number of carbonyl (C=O) groups is 2. The minimum atomic E-state index is -0.263. The number of rotatable bonds is 3. The van der Waals surface area contributed by atoms with Crippen molar-refractivity contribution in [3.05, 3.63) is 77.0 Å². The number of nitrogens with zero attached hydrogens (tertiary/aromatic N) is 1. The van der Waals surface area contributed by atoms with Crippen molar-refractivity contribution in [2.24, 2.45) is 5.92 Å². The number of hydrogen-bond acceptors (Lipinski definition) is 3. The number of nitrogens with two attached hydrogens (primary N) is 1. The van der Waals surface area contributed by atoms with Gasteiger partial charge >= 0.3 is 0 Å². The van der Waals surface area contributed by atoms with Gasteiger partial charge in [0.25, 0.3) is 11.8 Å². The molecule has 2 amide bonds. The molecule has 0 aromatic heterocycles. The average Bonchev–Trinajstić information content (AvgIpc) is 2.77. The molecule has 1 aliphatic carbocycles. The Kier molecular flexibility index (Phi) is 3.05. The second-order valence-corrected chi connectivity index (χ2v) is 6.00. The lowest BCUT2D eigenvalue weighted by Gasteiger charge is -2.32. The van der Waals surface area contributed by atoms with Gasteiger partial charge in [0.15, 0.2) is 0 Å². The molecule has 4 nitrogen and oxygen atoms in total. The molecule has 0 radical (unpaired) electrons. The molecule has 23 heavy (non-hydrogen) atoms. The van der Waals surface area contributed by atoms with Crippen LogP contribution in [0.15, 0.2) is 60.3 Å². The van der Waals surface area contributed by atoms with Crippen molar-refractivity contribution in [3.8, 4) is 0 Å². The van der Waals surface area contributed by atoms with Crippen LogP contribution in [0.25, 0.3) is 0 Å². The number of amides is 2. The van der Waals surface area contributed by atoms with Gasteiger partial charge in [0, 0.05) is 17.3 Å². The molecule has 0 fully saturated rings. The molecule has 1 heterocycles. The number of carbonyl (C=O) groups excluding carboxylic acids is 2. The van der Waals surface area contributed by atoms with E-state index >= 15 is 0 Å². The lowest BCUT2D eigenvalue weighted by atomic mass is 9.84. The summed E-state index contributed by atoms with van der Waals surface area (Å²) in [6.07, 6.45) is 3.70. The van der Waals surface area contributed by atoms with Gasteiger partial charge in [-0.15, -0.1) is 0 Å². The number of hydrogen-bond donors (Lipinski definition) is 1. The van der Waals surface area contributed by atoms with E-state index in [1.807, 2.05) is 24.3 Å². The Bertz CT molecular complexity index is 840. The fourth-order valence-electron chi connectivity index (χ4n) is 3.24. The van der Waals surface area contributed by atoms with Crippen molar-refractivity contribution in [2.45, 2.75) is 12.8 Å². The zero-order valence-corrected chi connectivity index (χ0v) is 12.5. The van der Waals surface area contributed by atoms with Crippen LogP contribution >= 0.6 is 0 Å². The molecule has 2 N–H and O–H groups in total. The molecule has 0 bridgehead atoms. The van der Waals surface area contributed by atoms with E-state index in [-0.39, 0.29) is 17.7 Å². The van der Waals surface area contributed by atoms with Gasteiger partial charge in [-0.1, -0.05) is 36.4 Å². The first-order chi connectivity index (χ1) is 11.1. The molecule has 4 heteroatoms. The number of fused-ring (bicyclic) bond motifs is 1. The zero-order valence-electron chi connectivity index (χ0n) is 12.5. The van der Waals surface area contributed by atoms with Crippen molar-refractivity contribution < 1.29 is 9.59 Å². The van der Waals surface area contributed by atoms with Crippen LogP contribution in [0.3, 0.4) is 0 Å². The maximum Gasteiger partial charge on any atom is 0.265 e. The molecular weight excluding hydrogens is 288 g/mol. The van der Waals surface area contributed by atoms with Gasteiger partial charge in [-0.25, -0.2) is 4.90 Å². The fourth-order valence-corrected chi connectivity index (χ4v) is 3.24. The van der Waals surface area contributed by atoms with Crippen molar-refractivity contribution >= 4 is 17.5 Å². The molecule has 4 rings (SSSR count). The molecule has 0 spiro atoms. The van der Waals surface area contributed by atoms with Crippen LogP contribution in [-0.4, -0.2) is 16.7 Å². The van der Waals surface area contributed by atoms with E-state index in [0.717, 1.165) is 18.5 Å². The maximum absolute atomic E-state index is 12.6. The van der Waals surface area contributed by atoms with Crippen molar-refractivity contribution in [2.75, 3.05) is 5.73 Å². The molecule has 2 aliphatic rings. The van der Waals surface area contributed by atoms with Gasteiger partial charge in [-0.05, 0) is 36.6 Å². The van der Waals surface area contributed by atoms with Crippen molar-refractivity contribution in [3.63, 3.8) is 0 Å². The smallest absolute Gasteiger partial charge is 0.265 e. The van der Waals surface area contributed by atoms with E-state index in [1.54, 1.807) is 18.2 Å². The van der Waals surface area contributed by atoms with Gasteiger partial charge in [0.1, 0.15) is 0 Å². The molecule has 1 atom stereocenters. The van der Waals surface area contributed by atoms with Crippen molar-refractivity contribution in [1.29, 1.82) is 0 Å². The van der Waals surface area contributed by atoms with E-state index in [1.165, 1.54) is 10.5 Å². The van der Waals surface area contributed by atoms with Crippen LogP contribution in [0.4, 0.5) is 5.69 Å². The summed E-state index contributed by atoms with van der Waals surface area (Å²) in [4.78, 5) is 26.5. The fraction of sp³-hybridized carbons (Fsp3) is 0.158. The van der Waals surface area contributed by atoms with Gasteiger partial charge in [0.2, 0.25) is 0 Å². The van der Waals surface area contributed by atoms with Crippen molar-refractivity contribution in [1.82, 2.24) is 4.90 Å². The van der Waals surface area contributed by atoms with E-state index in [2.05, 4.69) is 12.1 Å². The minimum absolute atomic E-state index is 0.206. The highest BCUT2D eigenvalue weighted by atomic mass is 16.2. The van der Waals surface area contributed by atoms with E-state index < -0.39 is 0 Å². The van der Waals surface area contributed by atoms with Crippen LogP contribution in [0.5, 0.6) is 0 Å². The first-order valence-electron chi connectivity index (χ1n) is 7.67. The Morgan fingerprint density at radius 2 is 1.74 bits per heavy atom. The number of imide groups is 1. The van der Waals surface area contributed by atoms with Gasteiger partial charge < -0.3 is 5.73 Å². The summed E-state index contributed by atoms with van der Waals surface area (Å²) in [5.74, 6) is -0.299. The Hall–Kier alpha value is -2.88. The standard InChI is InChI=1S/C19H16N2O2/c20-14-7-8-15-16(11-14)19(23)21(18(15)22)17-9-6-13(17)10-12-4-2-1-3-5-12/h1-5,7-9,11,13H,6,10,20H2. The summed E-state index contributed by atoms with van der Waals surface area (Å²) in [6, 6.07) is 15.0. The average molecular weight is 304 g/mol. The Morgan fingerprint density at radius 1 is 1.00 bits per heavy atom. The highest BCUT2D eigenvalue weighted by Gasteiger charge is 2.41. The molecule has 0 saturated carbocycles. The molecule has 0 saturated heterocycles. The maximum atomic E-state index is 12.6. The monoisotopic (exact) mass is 304 g/mol. The summed E-state index contributed by atoms with van der Waals surface area (Å²) < 4.78 is 0. The summed E-state index contributed by atoms with van der Waals surface area (Å²) >= 11 is 0. The van der Waals surface area contributed by atoms with Gasteiger partial charge in [0.05, 0.1) is 11.1 Å². The third kappa shape index (κ3) is 2.14. The normalized spacial score (nSPS) is 19.4. The molecule has 2 aromatic rings. The molecule has 1 aliphatic heterocycles. The Labute approximate surface area is 134 Å². The third-order valence-corrected chi connectivity index (χ3v) is 4.52. The van der Waals surface area contributed by atoms with E-state index in [0.29, 0.717) is 16.8 Å². The Morgan fingerprint density at radius 3 is 2.43 bits per heavy atom. The summed E-state index contributed by atoms with van der Waals surface area (Å²) in [7, 11) is 0. The minimum Gasteiger partial charge on any atom is -0.399 e. The van der Waals surface area contributed by atoms with Crippen LogP contribution in [-0.2, 0) is 6.42 Å². The topological polar surface area (TPSA) is 63.4 Å². The lowest BCUT2D eigenvalue weighted by Crippen LogP contribution is -2.36. The number of anilines is 1. The number of nitrogen functional groups attached to an aromatic ring is 1. The second kappa shape index (κ2) is 5.09. The van der Waals surface area contributed by atoms with E-state index in [4.69, 9.17) is 5.73 Å². The zero-order chi connectivity index (χ0) is 16.0. The third-order valence-electron chi connectivity index (χ3n) is 4.52. The van der Waals surface area contributed by atoms with Gasteiger partial charge in [-0.2, -0.15) is 0 Å². The van der Waals surface area contributed by atoms with Crippen LogP contribution in [0.1, 0.15) is 32.7 Å². The number of allylic oxidation sites excluding steroid dienone is 2. The molecule has 1 unspecified atom stereocenters. The van der Waals surface area contributed by atoms with E-state index in [9.17, 15) is 9.59 Å². The first kappa shape index (κ1) is 13.8. The van der Waals surface area contributed by atoms with Crippen LogP contribution < -0.4 is 5.73 Å². The lowest BCUT2D eigenvalue weighted by molar-refractivity contribution is 0.0677. The second-order valence-electron chi connectivity index (χ2n) is 6.00. The molecule has 114 valence electrons. The number of benzene rings is 2. The Balaban J connectivity index is 1.60. The SMILES string of the molecule is Nc1ccc2c(c1)C(=O)N(C1=CCC1Cc1ccccc1)C2=O.